The van der Waals surface area contributed by atoms with Crippen molar-refractivity contribution in [2.75, 3.05) is 42.9 Å². The van der Waals surface area contributed by atoms with Gasteiger partial charge in [-0.15, -0.1) is 0 Å². The van der Waals surface area contributed by atoms with Crippen LogP contribution in [-0.2, 0) is 4.79 Å². The molecule has 0 unspecified atom stereocenters. The molecule has 1 N–H and O–H groups in total. The van der Waals surface area contributed by atoms with E-state index in [1.165, 1.54) is 0 Å². The van der Waals surface area contributed by atoms with Crippen molar-refractivity contribution in [2.24, 2.45) is 0 Å². The first-order valence-corrected chi connectivity index (χ1v) is 7.77. The summed E-state index contributed by atoms with van der Waals surface area (Å²) in [6.45, 7) is 3.65. The van der Waals surface area contributed by atoms with Crippen LogP contribution in [-0.4, -0.2) is 58.5 Å². The molecule has 3 rings (SSSR count). The van der Waals surface area contributed by atoms with Crippen LogP contribution in [0.2, 0.25) is 0 Å². The van der Waals surface area contributed by atoms with E-state index in [0.717, 1.165) is 32.0 Å². The maximum Gasteiger partial charge on any atom is 0.224 e. The Morgan fingerprint density at radius 2 is 1.74 bits per heavy atom. The van der Waals surface area contributed by atoms with Crippen molar-refractivity contribution >= 4 is 17.7 Å². The molecular weight excluding hydrogens is 292 g/mol. The van der Waals surface area contributed by atoms with E-state index in [2.05, 4.69) is 25.2 Å². The second-order valence-corrected chi connectivity index (χ2v) is 5.30. The molecule has 0 radical (unpaired) electrons. The molecule has 23 heavy (non-hydrogen) atoms. The molecule has 120 valence electrons. The second kappa shape index (κ2) is 7.53. The molecule has 1 saturated heterocycles. The standard InChI is InChI=1S/C16H20N6O/c23-15(5-9-20-16-18-7-3-8-19-16)22-12-10-21(11-13-22)14-4-1-2-6-17-14/h1-4,6-8H,5,9-13H2,(H,18,19,20). The third-order valence-electron chi connectivity index (χ3n) is 3.79. The van der Waals surface area contributed by atoms with Crippen LogP contribution < -0.4 is 10.2 Å². The lowest BCUT2D eigenvalue weighted by atomic mass is 10.2. The largest absolute Gasteiger partial charge is 0.354 e. The summed E-state index contributed by atoms with van der Waals surface area (Å²) in [5.41, 5.74) is 0. The fourth-order valence-corrected chi connectivity index (χ4v) is 2.56. The molecular formula is C16H20N6O. The minimum Gasteiger partial charge on any atom is -0.354 e. The zero-order chi connectivity index (χ0) is 15.9. The summed E-state index contributed by atoms with van der Waals surface area (Å²) in [5.74, 6) is 1.69. The van der Waals surface area contributed by atoms with Gasteiger partial charge in [0.1, 0.15) is 5.82 Å². The van der Waals surface area contributed by atoms with Gasteiger partial charge in [-0.2, -0.15) is 0 Å². The zero-order valence-corrected chi connectivity index (χ0v) is 12.9. The van der Waals surface area contributed by atoms with Gasteiger partial charge in [-0.05, 0) is 18.2 Å². The van der Waals surface area contributed by atoms with Crippen LogP contribution in [0.4, 0.5) is 11.8 Å². The van der Waals surface area contributed by atoms with Crippen LogP contribution in [0.25, 0.3) is 0 Å². The third-order valence-corrected chi connectivity index (χ3v) is 3.79. The molecule has 1 aliphatic heterocycles. The minimum absolute atomic E-state index is 0.161. The van der Waals surface area contributed by atoms with Gasteiger partial charge in [0.05, 0.1) is 0 Å². The molecule has 0 saturated carbocycles. The minimum atomic E-state index is 0.161. The van der Waals surface area contributed by atoms with E-state index in [-0.39, 0.29) is 5.91 Å². The Labute approximate surface area is 135 Å². The normalized spacial score (nSPS) is 14.6. The van der Waals surface area contributed by atoms with Crippen LogP contribution in [0.3, 0.4) is 0 Å². The van der Waals surface area contributed by atoms with Gasteiger partial charge in [-0.1, -0.05) is 6.07 Å². The molecule has 2 aromatic rings. The van der Waals surface area contributed by atoms with Gasteiger partial charge in [0, 0.05) is 57.7 Å². The summed E-state index contributed by atoms with van der Waals surface area (Å²) in [6.07, 6.45) is 5.59. The van der Waals surface area contributed by atoms with Gasteiger partial charge >= 0.3 is 0 Å². The molecule has 0 atom stereocenters. The molecule has 1 fully saturated rings. The van der Waals surface area contributed by atoms with Crippen molar-refractivity contribution < 1.29 is 4.79 Å². The monoisotopic (exact) mass is 312 g/mol. The van der Waals surface area contributed by atoms with E-state index >= 15 is 0 Å². The number of aromatic nitrogens is 3. The summed E-state index contributed by atoms with van der Waals surface area (Å²) < 4.78 is 0. The quantitative estimate of drug-likeness (QED) is 0.888. The number of rotatable bonds is 5. The van der Waals surface area contributed by atoms with Crippen molar-refractivity contribution in [3.05, 3.63) is 42.9 Å². The van der Waals surface area contributed by atoms with E-state index in [1.807, 2.05) is 23.1 Å². The number of piperazine rings is 1. The zero-order valence-electron chi connectivity index (χ0n) is 12.9. The lowest BCUT2D eigenvalue weighted by Gasteiger charge is -2.35. The second-order valence-electron chi connectivity index (χ2n) is 5.30. The molecule has 1 amide bonds. The average Bonchev–Trinajstić information content (AvgIpc) is 2.63. The number of anilines is 2. The summed E-state index contributed by atoms with van der Waals surface area (Å²) in [7, 11) is 0. The number of hydrogen-bond acceptors (Lipinski definition) is 6. The van der Waals surface area contributed by atoms with E-state index in [4.69, 9.17) is 0 Å². The number of carbonyl (C=O) groups is 1. The van der Waals surface area contributed by atoms with E-state index in [1.54, 1.807) is 24.7 Å². The Hall–Kier alpha value is -2.70. The highest BCUT2D eigenvalue weighted by atomic mass is 16.2. The highest BCUT2D eigenvalue weighted by molar-refractivity contribution is 5.77. The Bertz CT molecular complexity index is 613. The van der Waals surface area contributed by atoms with Crippen molar-refractivity contribution in [2.45, 2.75) is 6.42 Å². The number of hydrogen-bond donors (Lipinski definition) is 1. The molecule has 0 aliphatic carbocycles. The Balaban J connectivity index is 1.41. The molecule has 0 aromatic carbocycles. The van der Waals surface area contributed by atoms with Gasteiger partial charge < -0.3 is 15.1 Å². The van der Waals surface area contributed by atoms with Crippen LogP contribution in [0, 0.1) is 0 Å². The third kappa shape index (κ3) is 4.15. The molecule has 1 aliphatic rings. The highest BCUT2D eigenvalue weighted by Gasteiger charge is 2.21. The van der Waals surface area contributed by atoms with E-state index in [9.17, 15) is 4.79 Å². The fourth-order valence-electron chi connectivity index (χ4n) is 2.56. The number of amides is 1. The first-order chi connectivity index (χ1) is 11.3. The molecule has 7 nitrogen and oxygen atoms in total. The number of pyridine rings is 1. The van der Waals surface area contributed by atoms with Gasteiger partial charge in [0.15, 0.2) is 0 Å². The van der Waals surface area contributed by atoms with Crippen molar-refractivity contribution in [3.8, 4) is 0 Å². The van der Waals surface area contributed by atoms with Crippen LogP contribution >= 0.6 is 0 Å². The topological polar surface area (TPSA) is 74.2 Å². The average molecular weight is 312 g/mol. The van der Waals surface area contributed by atoms with Crippen LogP contribution in [0.5, 0.6) is 0 Å². The Kier molecular flexibility index (Phi) is 4.98. The smallest absolute Gasteiger partial charge is 0.224 e. The first-order valence-electron chi connectivity index (χ1n) is 7.77. The molecule has 0 spiro atoms. The first kappa shape index (κ1) is 15.2. The Morgan fingerprint density at radius 1 is 1.00 bits per heavy atom. The fraction of sp³-hybridized carbons (Fsp3) is 0.375. The molecule has 0 bridgehead atoms. The van der Waals surface area contributed by atoms with Crippen LogP contribution in [0.1, 0.15) is 6.42 Å². The van der Waals surface area contributed by atoms with Crippen molar-refractivity contribution in [1.82, 2.24) is 19.9 Å². The summed E-state index contributed by atoms with van der Waals surface area (Å²) in [4.78, 5) is 28.9. The Morgan fingerprint density at radius 3 is 2.43 bits per heavy atom. The molecule has 2 aromatic heterocycles. The predicted octanol–water partition coefficient (Wildman–Crippen LogP) is 1.02. The van der Waals surface area contributed by atoms with Crippen molar-refractivity contribution in [1.29, 1.82) is 0 Å². The van der Waals surface area contributed by atoms with Gasteiger partial charge in [0.2, 0.25) is 11.9 Å². The maximum absolute atomic E-state index is 12.2. The maximum atomic E-state index is 12.2. The lowest BCUT2D eigenvalue weighted by Crippen LogP contribution is -2.49. The SMILES string of the molecule is O=C(CCNc1ncccn1)N1CCN(c2ccccn2)CC1. The summed E-state index contributed by atoms with van der Waals surface area (Å²) in [6, 6.07) is 7.66. The van der Waals surface area contributed by atoms with Crippen LogP contribution in [0.15, 0.2) is 42.9 Å². The lowest BCUT2D eigenvalue weighted by molar-refractivity contribution is -0.131. The number of nitrogens with zero attached hydrogens (tertiary/aromatic N) is 5. The van der Waals surface area contributed by atoms with E-state index in [0.29, 0.717) is 18.9 Å². The molecule has 3 heterocycles. The summed E-state index contributed by atoms with van der Waals surface area (Å²) in [5, 5.41) is 3.06. The van der Waals surface area contributed by atoms with Gasteiger partial charge in [-0.3, -0.25) is 4.79 Å². The summed E-state index contributed by atoms with van der Waals surface area (Å²) >= 11 is 0. The van der Waals surface area contributed by atoms with Gasteiger partial charge in [-0.25, -0.2) is 15.0 Å². The van der Waals surface area contributed by atoms with E-state index < -0.39 is 0 Å². The molecule has 7 heteroatoms. The predicted molar refractivity (Wildman–Crippen MR) is 88.2 cm³/mol. The highest BCUT2D eigenvalue weighted by Crippen LogP contribution is 2.13. The number of carbonyl (C=O) groups excluding carboxylic acids is 1. The van der Waals surface area contributed by atoms with Crippen molar-refractivity contribution in [3.63, 3.8) is 0 Å². The number of nitrogens with one attached hydrogen (secondary N) is 1. The van der Waals surface area contributed by atoms with Gasteiger partial charge in [0.25, 0.3) is 0 Å².